The molecule has 174 valence electrons. The van der Waals surface area contributed by atoms with Crippen LogP contribution in [0.2, 0.25) is 0 Å². The topological polar surface area (TPSA) is 48.5 Å². The van der Waals surface area contributed by atoms with Crippen molar-refractivity contribution in [2.45, 2.75) is 40.3 Å². The number of benzene rings is 2. The van der Waals surface area contributed by atoms with Gasteiger partial charge in [0.05, 0.1) is 17.1 Å². The van der Waals surface area contributed by atoms with Gasteiger partial charge in [-0.15, -0.1) is 11.3 Å². The maximum Gasteiger partial charge on any atom is 0.225 e. The number of carbonyl (C=O) groups is 1. The summed E-state index contributed by atoms with van der Waals surface area (Å²) in [5.74, 6) is 0.0402. The second kappa shape index (κ2) is 11.1. The molecule has 5 nitrogen and oxygen atoms in total. The monoisotopic (exact) mass is 462 g/mol. The van der Waals surface area contributed by atoms with Gasteiger partial charge in [-0.3, -0.25) is 9.69 Å². The summed E-state index contributed by atoms with van der Waals surface area (Å²) in [5.41, 5.74) is 5.72. The van der Waals surface area contributed by atoms with Gasteiger partial charge in [0.15, 0.2) is 0 Å². The number of hydrogen-bond donors (Lipinski definition) is 1. The number of aryl methyl sites for hydroxylation is 2. The van der Waals surface area contributed by atoms with Gasteiger partial charge in [0.25, 0.3) is 0 Å². The Morgan fingerprint density at radius 1 is 0.970 bits per heavy atom. The SMILES string of the molecule is CCN1CCN(Cc2ccccc2CNC(=O)Cc2sc(C)nc2-c2ccc(C)cc2)CC1. The zero-order valence-corrected chi connectivity index (χ0v) is 20.8. The van der Waals surface area contributed by atoms with E-state index in [2.05, 4.69) is 77.5 Å². The van der Waals surface area contributed by atoms with Crippen LogP contribution in [0.1, 0.15) is 33.5 Å². The minimum Gasteiger partial charge on any atom is -0.352 e. The molecule has 1 aromatic heterocycles. The Balaban J connectivity index is 1.37. The Labute approximate surface area is 201 Å². The van der Waals surface area contributed by atoms with Crippen LogP contribution in [0.15, 0.2) is 48.5 Å². The van der Waals surface area contributed by atoms with E-state index in [0.29, 0.717) is 13.0 Å². The third kappa shape index (κ3) is 6.28. The van der Waals surface area contributed by atoms with Crippen LogP contribution in [0, 0.1) is 13.8 Å². The zero-order chi connectivity index (χ0) is 23.2. The molecule has 1 aliphatic heterocycles. The van der Waals surface area contributed by atoms with Gasteiger partial charge in [-0.25, -0.2) is 4.98 Å². The van der Waals surface area contributed by atoms with Crippen LogP contribution in [-0.4, -0.2) is 53.4 Å². The molecule has 4 rings (SSSR count). The molecule has 0 spiro atoms. The third-order valence-electron chi connectivity index (χ3n) is 6.35. The van der Waals surface area contributed by atoms with Crippen LogP contribution in [0.4, 0.5) is 0 Å². The lowest BCUT2D eigenvalue weighted by molar-refractivity contribution is -0.120. The van der Waals surface area contributed by atoms with E-state index in [0.717, 1.165) is 60.4 Å². The van der Waals surface area contributed by atoms with Gasteiger partial charge in [0, 0.05) is 49.7 Å². The van der Waals surface area contributed by atoms with Gasteiger partial charge in [-0.2, -0.15) is 0 Å². The molecule has 2 heterocycles. The maximum atomic E-state index is 12.9. The molecular formula is C27H34N4OS. The number of aromatic nitrogens is 1. The Hall–Kier alpha value is -2.54. The fourth-order valence-electron chi connectivity index (χ4n) is 4.32. The Morgan fingerprint density at radius 2 is 1.64 bits per heavy atom. The largest absolute Gasteiger partial charge is 0.352 e. The van der Waals surface area contributed by atoms with E-state index < -0.39 is 0 Å². The predicted molar refractivity (Wildman–Crippen MR) is 136 cm³/mol. The summed E-state index contributed by atoms with van der Waals surface area (Å²) < 4.78 is 0. The normalized spacial score (nSPS) is 15.0. The number of likely N-dealkylation sites (N-methyl/N-ethyl adjacent to an activating group) is 1. The number of nitrogens with one attached hydrogen (secondary N) is 1. The van der Waals surface area contributed by atoms with E-state index in [1.54, 1.807) is 11.3 Å². The molecule has 0 saturated carbocycles. The van der Waals surface area contributed by atoms with Crippen LogP contribution in [-0.2, 0) is 24.3 Å². The number of amides is 1. The summed E-state index contributed by atoms with van der Waals surface area (Å²) in [6, 6.07) is 16.8. The lowest BCUT2D eigenvalue weighted by Gasteiger charge is -2.34. The van der Waals surface area contributed by atoms with E-state index in [-0.39, 0.29) is 5.91 Å². The molecule has 0 aliphatic carbocycles. The number of carbonyl (C=O) groups excluding carboxylic acids is 1. The summed E-state index contributed by atoms with van der Waals surface area (Å²) in [5, 5.41) is 4.14. The quantitative estimate of drug-likeness (QED) is 0.538. The van der Waals surface area contributed by atoms with Crippen molar-refractivity contribution >= 4 is 17.2 Å². The van der Waals surface area contributed by atoms with Crippen LogP contribution in [0.5, 0.6) is 0 Å². The molecular weight excluding hydrogens is 428 g/mol. The highest BCUT2D eigenvalue weighted by molar-refractivity contribution is 7.12. The van der Waals surface area contributed by atoms with Gasteiger partial charge in [-0.05, 0) is 31.5 Å². The smallest absolute Gasteiger partial charge is 0.225 e. The fraction of sp³-hybridized carbons (Fsp3) is 0.407. The molecule has 3 aromatic rings. The van der Waals surface area contributed by atoms with Gasteiger partial charge in [0.2, 0.25) is 5.91 Å². The number of piperazine rings is 1. The minimum atomic E-state index is 0.0402. The van der Waals surface area contributed by atoms with Gasteiger partial charge in [-0.1, -0.05) is 61.0 Å². The first-order chi connectivity index (χ1) is 16.0. The average molecular weight is 463 g/mol. The van der Waals surface area contributed by atoms with Gasteiger partial charge in [0.1, 0.15) is 0 Å². The fourth-order valence-corrected chi connectivity index (χ4v) is 5.27. The molecule has 0 atom stereocenters. The van der Waals surface area contributed by atoms with Crippen molar-refractivity contribution in [3.63, 3.8) is 0 Å². The van der Waals surface area contributed by atoms with Crippen molar-refractivity contribution in [3.05, 3.63) is 75.1 Å². The first-order valence-corrected chi connectivity index (χ1v) is 12.6. The second-order valence-corrected chi connectivity index (χ2v) is 10.1. The molecule has 2 aromatic carbocycles. The summed E-state index contributed by atoms with van der Waals surface area (Å²) >= 11 is 1.61. The molecule has 1 amide bonds. The highest BCUT2D eigenvalue weighted by Gasteiger charge is 2.18. The number of rotatable bonds is 8. The molecule has 0 bridgehead atoms. The molecule has 1 N–H and O–H groups in total. The molecule has 33 heavy (non-hydrogen) atoms. The molecule has 6 heteroatoms. The summed E-state index contributed by atoms with van der Waals surface area (Å²) in [7, 11) is 0. The lowest BCUT2D eigenvalue weighted by atomic mass is 10.1. The Bertz CT molecular complexity index is 1070. The van der Waals surface area contributed by atoms with E-state index >= 15 is 0 Å². The number of thiazole rings is 1. The molecule has 1 saturated heterocycles. The van der Waals surface area contributed by atoms with E-state index in [1.165, 1.54) is 16.7 Å². The van der Waals surface area contributed by atoms with Crippen molar-refractivity contribution in [1.82, 2.24) is 20.1 Å². The maximum absolute atomic E-state index is 12.9. The molecule has 0 unspecified atom stereocenters. The summed E-state index contributed by atoms with van der Waals surface area (Å²) in [6.07, 6.45) is 0.357. The number of hydrogen-bond acceptors (Lipinski definition) is 5. The van der Waals surface area contributed by atoms with Crippen molar-refractivity contribution < 1.29 is 4.79 Å². The zero-order valence-electron chi connectivity index (χ0n) is 19.9. The highest BCUT2D eigenvalue weighted by Crippen LogP contribution is 2.28. The summed E-state index contributed by atoms with van der Waals surface area (Å²) in [6.45, 7) is 13.4. The minimum absolute atomic E-state index is 0.0402. The predicted octanol–water partition coefficient (Wildman–Crippen LogP) is 4.42. The molecule has 1 fully saturated rings. The van der Waals surface area contributed by atoms with Crippen molar-refractivity contribution in [2.24, 2.45) is 0 Å². The van der Waals surface area contributed by atoms with Crippen molar-refractivity contribution in [2.75, 3.05) is 32.7 Å². The van der Waals surface area contributed by atoms with Gasteiger partial charge >= 0.3 is 0 Å². The van der Waals surface area contributed by atoms with Crippen LogP contribution in [0.3, 0.4) is 0 Å². The van der Waals surface area contributed by atoms with Crippen LogP contribution >= 0.6 is 11.3 Å². The van der Waals surface area contributed by atoms with E-state index in [4.69, 9.17) is 4.98 Å². The third-order valence-corrected chi connectivity index (χ3v) is 7.32. The number of nitrogens with zero attached hydrogens (tertiary/aromatic N) is 3. The standard InChI is InChI=1S/C27H34N4OS/c1-4-30-13-15-31(16-14-30)19-24-8-6-5-7-23(24)18-28-26(32)17-25-27(29-21(3)33-25)22-11-9-20(2)10-12-22/h5-12H,4,13-19H2,1-3H3,(H,28,32). The first-order valence-electron chi connectivity index (χ1n) is 11.8. The van der Waals surface area contributed by atoms with E-state index in [9.17, 15) is 4.79 Å². The van der Waals surface area contributed by atoms with E-state index in [1.807, 2.05) is 6.92 Å². The Morgan fingerprint density at radius 3 is 2.33 bits per heavy atom. The molecule has 1 aliphatic rings. The van der Waals surface area contributed by atoms with Crippen molar-refractivity contribution in [3.8, 4) is 11.3 Å². The van der Waals surface area contributed by atoms with Crippen LogP contribution in [0.25, 0.3) is 11.3 Å². The summed E-state index contributed by atoms with van der Waals surface area (Å²) in [4.78, 5) is 23.6. The second-order valence-electron chi connectivity index (χ2n) is 8.80. The average Bonchev–Trinajstić information content (AvgIpc) is 3.19. The first kappa shape index (κ1) is 23.6. The van der Waals surface area contributed by atoms with Gasteiger partial charge < -0.3 is 10.2 Å². The van der Waals surface area contributed by atoms with Crippen LogP contribution < -0.4 is 5.32 Å². The Kier molecular flexibility index (Phi) is 7.91. The lowest BCUT2D eigenvalue weighted by Crippen LogP contribution is -2.45. The highest BCUT2D eigenvalue weighted by atomic mass is 32.1. The molecule has 0 radical (unpaired) electrons. The van der Waals surface area contributed by atoms with Crippen molar-refractivity contribution in [1.29, 1.82) is 0 Å².